The lowest BCUT2D eigenvalue weighted by Gasteiger charge is -2.36. The topological polar surface area (TPSA) is 99.4 Å². The average molecular weight is 494 g/mol. The Morgan fingerprint density at radius 1 is 1.28 bits per heavy atom. The second kappa shape index (κ2) is 9.77. The summed E-state index contributed by atoms with van der Waals surface area (Å²) in [6.07, 6.45) is 6.08. The molecule has 1 aromatic carbocycles. The Morgan fingerprint density at radius 3 is 2.78 bits per heavy atom. The maximum atomic E-state index is 15.0. The number of esters is 1. The lowest BCUT2D eigenvalue weighted by Crippen LogP contribution is -2.44. The minimum absolute atomic E-state index is 0.0489. The third kappa shape index (κ3) is 4.73. The van der Waals surface area contributed by atoms with Gasteiger partial charge in [-0.3, -0.25) is 9.48 Å². The van der Waals surface area contributed by atoms with Gasteiger partial charge in [0.15, 0.2) is 12.0 Å². The molecule has 0 N–H and O–H groups in total. The van der Waals surface area contributed by atoms with Crippen LogP contribution in [0.3, 0.4) is 0 Å². The number of aldehydes is 1. The summed E-state index contributed by atoms with van der Waals surface area (Å²) in [5.41, 5.74) is 1.53. The number of carbonyl (C=O) groups excluding carboxylic acids is 2. The highest BCUT2D eigenvalue weighted by Gasteiger charge is 2.33. The average Bonchev–Trinajstić information content (AvgIpc) is 3.59. The van der Waals surface area contributed by atoms with Crippen LogP contribution < -0.4 is 4.90 Å². The van der Waals surface area contributed by atoms with E-state index in [0.717, 1.165) is 24.0 Å². The van der Waals surface area contributed by atoms with Crippen molar-refractivity contribution in [3.05, 3.63) is 58.8 Å². The van der Waals surface area contributed by atoms with Crippen molar-refractivity contribution < 1.29 is 23.5 Å². The van der Waals surface area contributed by atoms with Gasteiger partial charge in [0.25, 0.3) is 0 Å². The normalized spacial score (nSPS) is 19.8. The Hall–Kier alpha value is -3.66. The van der Waals surface area contributed by atoms with Crippen molar-refractivity contribution in [2.45, 2.75) is 51.9 Å². The molecule has 10 heteroatoms. The molecule has 5 rings (SSSR count). The third-order valence-electron chi connectivity index (χ3n) is 6.36. The minimum atomic E-state index is -0.763. The number of nitrogens with zero attached hydrogens (tertiary/aromatic N) is 5. The fraction of sp³-hybridized carbons (Fsp3) is 0.423. The quantitative estimate of drug-likeness (QED) is 0.359. The number of morpholine rings is 1. The van der Waals surface area contributed by atoms with Crippen LogP contribution in [0.25, 0.3) is 11.3 Å². The van der Waals surface area contributed by atoms with Crippen LogP contribution in [0.5, 0.6) is 0 Å². The number of halogens is 1. The lowest BCUT2D eigenvalue weighted by atomic mass is 10.0. The van der Waals surface area contributed by atoms with Crippen molar-refractivity contribution in [1.29, 1.82) is 0 Å². The number of hydrogen-bond donors (Lipinski definition) is 0. The molecule has 1 saturated carbocycles. The van der Waals surface area contributed by atoms with Gasteiger partial charge in [0.1, 0.15) is 11.9 Å². The molecule has 2 aliphatic rings. The number of anilines is 1. The van der Waals surface area contributed by atoms with Crippen LogP contribution in [-0.4, -0.2) is 57.8 Å². The van der Waals surface area contributed by atoms with E-state index in [2.05, 4.69) is 15.1 Å². The molecule has 3 heterocycles. The van der Waals surface area contributed by atoms with Crippen LogP contribution in [0.2, 0.25) is 0 Å². The Balaban J connectivity index is 1.57. The smallest absolute Gasteiger partial charge is 0.357 e. The molecule has 36 heavy (non-hydrogen) atoms. The number of aromatic nitrogens is 4. The Morgan fingerprint density at radius 2 is 2.08 bits per heavy atom. The minimum Gasteiger partial charge on any atom is -0.461 e. The van der Waals surface area contributed by atoms with Gasteiger partial charge in [-0.1, -0.05) is 6.07 Å². The van der Waals surface area contributed by atoms with Gasteiger partial charge in [0.05, 0.1) is 42.8 Å². The van der Waals surface area contributed by atoms with Crippen LogP contribution in [-0.2, 0) is 9.47 Å². The summed E-state index contributed by atoms with van der Waals surface area (Å²) >= 11 is 0. The molecule has 3 aromatic rings. The summed E-state index contributed by atoms with van der Waals surface area (Å²) < 4.78 is 28.3. The number of aryl methyl sites for hydroxylation is 1. The van der Waals surface area contributed by atoms with Gasteiger partial charge in [0, 0.05) is 23.9 Å². The first kappa shape index (κ1) is 24.1. The second-order valence-corrected chi connectivity index (χ2v) is 9.28. The number of carbonyl (C=O) groups is 2. The molecular formula is C26H28FN5O4. The van der Waals surface area contributed by atoms with E-state index in [4.69, 9.17) is 9.47 Å². The van der Waals surface area contributed by atoms with Gasteiger partial charge in [-0.25, -0.2) is 19.2 Å². The van der Waals surface area contributed by atoms with Gasteiger partial charge in [-0.05, 0) is 51.3 Å². The fourth-order valence-electron chi connectivity index (χ4n) is 4.44. The molecule has 0 bridgehead atoms. The van der Waals surface area contributed by atoms with Crippen LogP contribution >= 0.6 is 0 Å². The van der Waals surface area contributed by atoms with E-state index >= 15 is 0 Å². The van der Waals surface area contributed by atoms with Gasteiger partial charge >= 0.3 is 5.97 Å². The predicted octanol–water partition coefficient (Wildman–Crippen LogP) is 4.08. The number of benzene rings is 1. The molecule has 2 fully saturated rings. The molecule has 1 aliphatic heterocycles. The number of hydrogen-bond acceptors (Lipinski definition) is 8. The predicted molar refractivity (Wildman–Crippen MR) is 130 cm³/mol. The van der Waals surface area contributed by atoms with Crippen LogP contribution in [0, 0.1) is 12.7 Å². The van der Waals surface area contributed by atoms with Crippen molar-refractivity contribution in [2.24, 2.45) is 0 Å². The van der Waals surface area contributed by atoms with E-state index in [1.807, 2.05) is 28.9 Å². The van der Waals surface area contributed by atoms with E-state index in [1.54, 1.807) is 26.0 Å². The molecule has 1 saturated heterocycles. The van der Waals surface area contributed by atoms with Gasteiger partial charge in [0.2, 0.25) is 5.95 Å². The van der Waals surface area contributed by atoms with E-state index in [9.17, 15) is 14.0 Å². The SMILES string of the molecule is CCOC(=O)c1nc(N2C[C@@H](C)O[C@@H](c3cnn(C4CC4)c3)C2)nc(-c2ccc(C)cc2F)c1C=O. The van der Waals surface area contributed by atoms with E-state index in [-0.39, 0.29) is 47.3 Å². The molecule has 0 radical (unpaired) electrons. The molecule has 0 amide bonds. The summed E-state index contributed by atoms with van der Waals surface area (Å²) in [5, 5.41) is 4.47. The summed E-state index contributed by atoms with van der Waals surface area (Å²) in [4.78, 5) is 35.8. The summed E-state index contributed by atoms with van der Waals surface area (Å²) in [6, 6.07) is 5.09. The maximum Gasteiger partial charge on any atom is 0.357 e. The van der Waals surface area contributed by atoms with Gasteiger partial charge in [-0.2, -0.15) is 5.10 Å². The zero-order valence-electron chi connectivity index (χ0n) is 20.5. The monoisotopic (exact) mass is 493 g/mol. The Kier molecular flexibility index (Phi) is 6.53. The third-order valence-corrected chi connectivity index (χ3v) is 6.36. The molecule has 0 unspecified atom stereocenters. The van der Waals surface area contributed by atoms with Crippen molar-refractivity contribution in [1.82, 2.24) is 19.7 Å². The highest BCUT2D eigenvalue weighted by Crippen LogP contribution is 2.36. The highest BCUT2D eigenvalue weighted by atomic mass is 19.1. The molecule has 9 nitrogen and oxygen atoms in total. The first-order chi connectivity index (χ1) is 17.4. The highest BCUT2D eigenvalue weighted by molar-refractivity contribution is 6.01. The first-order valence-electron chi connectivity index (χ1n) is 12.1. The van der Waals surface area contributed by atoms with Gasteiger partial charge < -0.3 is 14.4 Å². The lowest BCUT2D eigenvalue weighted by molar-refractivity contribution is -0.0179. The maximum absolute atomic E-state index is 15.0. The Bertz CT molecular complexity index is 1310. The molecule has 188 valence electrons. The first-order valence-corrected chi connectivity index (χ1v) is 12.1. The van der Waals surface area contributed by atoms with Crippen LogP contribution in [0.4, 0.5) is 10.3 Å². The molecule has 2 aromatic heterocycles. The summed E-state index contributed by atoms with van der Waals surface area (Å²) in [5.74, 6) is -1.10. The zero-order valence-corrected chi connectivity index (χ0v) is 20.5. The molecule has 2 atom stereocenters. The van der Waals surface area contributed by atoms with Gasteiger partial charge in [-0.15, -0.1) is 0 Å². The van der Waals surface area contributed by atoms with E-state index in [0.29, 0.717) is 25.4 Å². The molecular weight excluding hydrogens is 465 g/mol. The zero-order chi connectivity index (χ0) is 25.4. The van der Waals surface area contributed by atoms with Crippen molar-refractivity contribution in [2.75, 3.05) is 24.6 Å². The number of ether oxygens (including phenoxy) is 2. The van der Waals surface area contributed by atoms with Crippen molar-refractivity contribution >= 4 is 18.2 Å². The van der Waals surface area contributed by atoms with Crippen LogP contribution in [0.1, 0.15) is 70.8 Å². The standard InChI is InChI=1S/C26H28FN5O4/c1-4-35-25(34)24-20(14-33)23(19-8-5-15(2)9-21(19)27)29-26(30-24)31-11-16(3)36-22(13-31)17-10-28-32(12-17)18-6-7-18/h5,8-10,12,14,16,18,22H,4,6-7,11,13H2,1-3H3/t16-,22-/m1/s1. The van der Waals surface area contributed by atoms with Crippen molar-refractivity contribution in [3.8, 4) is 11.3 Å². The summed E-state index contributed by atoms with van der Waals surface area (Å²) in [7, 11) is 0. The largest absolute Gasteiger partial charge is 0.461 e. The van der Waals surface area contributed by atoms with E-state index in [1.165, 1.54) is 6.07 Å². The van der Waals surface area contributed by atoms with E-state index < -0.39 is 11.8 Å². The Labute approximate surface area is 208 Å². The summed E-state index contributed by atoms with van der Waals surface area (Å²) in [6.45, 7) is 6.33. The van der Waals surface area contributed by atoms with Crippen LogP contribution in [0.15, 0.2) is 30.6 Å². The van der Waals surface area contributed by atoms with Crippen molar-refractivity contribution in [3.63, 3.8) is 0 Å². The molecule has 0 spiro atoms. The number of rotatable bonds is 7. The fourth-order valence-corrected chi connectivity index (χ4v) is 4.44. The second-order valence-electron chi connectivity index (χ2n) is 9.28. The molecule has 1 aliphatic carbocycles.